The molecule has 2 atom stereocenters. The van der Waals surface area contributed by atoms with Crippen LogP contribution in [-0.2, 0) is 22.1 Å². The Kier molecular flexibility index (Phi) is 5.08. The van der Waals surface area contributed by atoms with Crippen LogP contribution in [0.4, 0.5) is 0 Å². The maximum absolute atomic E-state index is 11.7. The molecule has 0 aliphatic rings. The van der Waals surface area contributed by atoms with E-state index in [1.165, 1.54) is 16.8 Å². The minimum Gasteiger partial charge on any atom is -0.477 e. The van der Waals surface area contributed by atoms with Crippen LogP contribution in [0.15, 0.2) is 18.3 Å². The summed E-state index contributed by atoms with van der Waals surface area (Å²) in [5.74, 6) is -0.995. The van der Waals surface area contributed by atoms with Crippen molar-refractivity contribution in [1.29, 1.82) is 0 Å². The Bertz CT molecular complexity index is 469. The number of nitrogens with one attached hydrogen (secondary N) is 1. The third-order valence-corrected chi connectivity index (χ3v) is 3.22. The van der Waals surface area contributed by atoms with E-state index in [0.717, 1.165) is 0 Å². The number of rotatable bonds is 6. The van der Waals surface area contributed by atoms with E-state index >= 15 is 0 Å². The van der Waals surface area contributed by atoms with Gasteiger partial charge in [0.2, 0.25) is 5.91 Å². The lowest BCUT2D eigenvalue weighted by atomic mass is 10.3. The van der Waals surface area contributed by atoms with E-state index in [2.05, 4.69) is 5.32 Å². The second-order valence-corrected chi connectivity index (χ2v) is 5.51. The standard InChI is InChI=1S/C11H16N2O4S/c1-8(7-18(2)17)12-10(14)6-13-5-3-4-9(13)11(15)16/h3-5,8H,6-7H2,1-2H3,(H,12,14)(H,15,16). The highest BCUT2D eigenvalue weighted by Crippen LogP contribution is 2.02. The van der Waals surface area contributed by atoms with E-state index in [9.17, 15) is 13.8 Å². The monoisotopic (exact) mass is 272 g/mol. The highest BCUT2D eigenvalue weighted by atomic mass is 32.2. The van der Waals surface area contributed by atoms with Gasteiger partial charge in [-0.3, -0.25) is 9.00 Å². The molecule has 0 saturated carbocycles. The third kappa shape index (κ3) is 4.33. The molecule has 0 aliphatic heterocycles. The first-order chi connectivity index (χ1) is 8.40. The Hall–Kier alpha value is -1.63. The minimum atomic E-state index is -1.07. The maximum Gasteiger partial charge on any atom is 0.352 e. The van der Waals surface area contributed by atoms with Gasteiger partial charge in [0.1, 0.15) is 12.2 Å². The van der Waals surface area contributed by atoms with Crippen molar-refractivity contribution in [3.05, 3.63) is 24.0 Å². The molecule has 18 heavy (non-hydrogen) atoms. The summed E-state index contributed by atoms with van der Waals surface area (Å²) in [7, 11) is -0.978. The van der Waals surface area contributed by atoms with Gasteiger partial charge in [0, 0.05) is 35.0 Å². The topological polar surface area (TPSA) is 88.4 Å². The SMILES string of the molecule is CC(CS(C)=O)NC(=O)Cn1cccc1C(=O)O. The van der Waals surface area contributed by atoms with Gasteiger partial charge in [-0.05, 0) is 19.1 Å². The van der Waals surface area contributed by atoms with Gasteiger partial charge < -0.3 is 15.0 Å². The molecule has 1 aromatic rings. The Balaban J connectivity index is 2.57. The van der Waals surface area contributed by atoms with Crippen molar-refractivity contribution >= 4 is 22.7 Å². The summed E-state index contributed by atoms with van der Waals surface area (Å²) >= 11 is 0. The lowest BCUT2D eigenvalue weighted by Crippen LogP contribution is -2.38. The van der Waals surface area contributed by atoms with E-state index in [0.29, 0.717) is 5.75 Å². The average molecular weight is 272 g/mol. The number of nitrogens with zero attached hydrogens (tertiary/aromatic N) is 1. The molecular formula is C11H16N2O4S. The van der Waals surface area contributed by atoms with Crippen molar-refractivity contribution < 1.29 is 18.9 Å². The number of carboxylic acid groups (broad SMARTS) is 1. The van der Waals surface area contributed by atoms with E-state index in [-0.39, 0.29) is 24.2 Å². The number of aromatic nitrogens is 1. The first kappa shape index (κ1) is 14.4. The molecule has 0 fully saturated rings. The van der Waals surface area contributed by atoms with Crippen molar-refractivity contribution in [2.75, 3.05) is 12.0 Å². The van der Waals surface area contributed by atoms with Gasteiger partial charge in [0.25, 0.3) is 0 Å². The van der Waals surface area contributed by atoms with Gasteiger partial charge in [-0.15, -0.1) is 0 Å². The third-order valence-electron chi connectivity index (χ3n) is 2.25. The summed E-state index contributed by atoms with van der Waals surface area (Å²) in [4.78, 5) is 22.5. The number of carbonyl (C=O) groups excluding carboxylic acids is 1. The number of carbonyl (C=O) groups is 2. The molecule has 6 nitrogen and oxygen atoms in total. The predicted octanol–water partition coefficient (Wildman–Crippen LogP) is 0.0695. The Morgan fingerprint density at radius 1 is 1.56 bits per heavy atom. The molecule has 1 heterocycles. The molecule has 0 aliphatic carbocycles. The molecule has 7 heteroatoms. The van der Waals surface area contributed by atoms with Gasteiger partial charge >= 0.3 is 5.97 Å². The zero-order valence-corrected chi connectivity index (χ0v) is 11.1. The fourth-order valence-corrected chi connectivity index (χ4v) is 2.40. The van der Waals surface area contributed by atoms with Crippen molar-refractivity contribution in [3.8, 4) is 0 Å². The highest BCUT2D eigenvalue weighted by molar-refractivity contribution is 7.84. The average Bonchev–Trinajstić information content (AvgIpc) is 2.63. The summed E-state index contributed by atoms with van der Waals surface area (Å²) in [5.41, 5.74) is 0.0665. The van der Waals surface area contributed by atoms with E-state index in [1.807, 2.05) is 0 Å². The maximum atomic E-state index is 11.7. The van der Waals surface area contributed by atoms with Crippen LogP contribution < -0.4 is 5.32 Å². The Labute approximate surface area is 107 Å². The van der Waals surface area contributed by atoms with Gasteiger partial charge in [-0.1, -0.05) is 0 Å². The van der Waals surface area contributed by atoms with Crippen LogP contribution >= 0.6 is 0 Å². The molecule has 0 spiro atoms. The van der Waals surface area contributed by atoms with Gasteiger partial charge in [0.05, 0.1) is 0 Å². The molecule has 2 unspecified atom stereocenters. The summed E-state index contributed by atoms with van der Waals surface area (Å²) < 4.78 is 12.3. The number of hydrogen-bond acceptors (Lipinski definition) is 3. The van der Waals surface area contributed by atoms with Gasteiger partial charge in [-0.25, -0.2) is 4.79 Å². The smallest absolute Gasteiger partial charge is 0.352 e. The molecule has 1 rings (SSSR count). The fourth-order valence-electron chi connectivity index (χ4n) is 1.62. The first-order valence-electron chi connectivity index (χ1n) is 5.38. The van der Waals surface area contributed by atoms with E-state index < -0.39 is 16.8 Å². The fraction of sp³-hybridized carbons (Fsp3) is 0.455. The number of hydrogen-bond donors (Lipinski definition) is 2. The van der Waals surface area contributed by atoms with Crippen molar-refractivity contribution in [2.24, 2.45) is 0 Å². The lowest BCUT2D eigenvalue weighted by molar-refractivity contribution is -0.122. The predicted molar refractivity (Wildman–Crippen MR) is 67.9 cm³/mol. The first-order valence-corrected chi connectivity index (χ1v) is 7.10. The van der Waals surface area contributed by atoms with Crippen LogP contribution in [0.25, 0.3) is 0 Å². The Morgan fingerprint density at radius 2 is 2.22 bits per heavy atom. The van der Waals surface area contributed by atoms with Crippen LogP contribution in [0.5, 0.6) is 0 Å². The summed E-state index contributed by atoms with van der Waals surface area (Å²) in [5, 5.41) is 11.5. The molecule has 0 saturated heterocycles. The lowest BCUT2D eigenvalue weighted by Gasteiger charge is -2.13. The van der Waals surface area contributed by atoms with Gasteiger partial charge in [-0.2, -0.15) is 0 Å². The second-order valence-electron chi connectivity index (χ2n) is 4.03. The highest BCUT2D eigenvalue weighted by Gasteiger charge is 2.13. The summed E-state index contributed by atoms with van der Waals surface area (Å²) in [6, 6.07) is 2.80. The van der Waals surface area contributed by atoms with Crippen molar-refractivity contribution in [3.63, 3.8) is 0 Å². The van der Waals surface area contributed by atoms with E-state index in [1.54, 1.807) is 19.2 Å². The molecule has 0 radical (unpaired) electrons. The van der Waals surface area contributed by atoms with Gasteiger partial charge in [0.15, 0.2) is 0 Å². The quantitative estimate of drug-likeness (QED) is 0.767. The molecule has 1 aromatic heterocycles. The minimum absolute atomic E-state index is 0.0602. The normalized spacial score (nSPS) is 13.9. The van der Waals surface area contributed by atoms with Crippen LogP contribution in [0.1, 0.15) is 17.4 Å². The number of aromatic carboxylic acids is 1. The second kappa shape index (κ2) is 6.34. The van der Waals surface area contributed by atoms with Crippen LogP contribution in [-0.4, -0.2) is 43.8 Å². The summed E-state index contributed by atoms with van der Waals surface area (Å²) in [6.07, 6.45) is 3.10. The number of amides is 1. The molecule has 1 amide bonds. The van der Waals surface area contributed by atoms with E-state index in [4.69, 9.17) is 5.11 Å². The van der Waals surface area contributed by atoms with Crippen LogP contribution in [0, 0.1) is 0 Å². The number of carboxylic acids is 1. The largest absolute Gasteiger partial charge is 0.477 e. The molecule has 0 aromatic carbocycles. The van der Waals surface area contributed by atoms with Crippen LogP contribution in [0.2, 0.25) is 0 Å². The molecular weight excluding hydrogens is 256 g/mol. The molecule has 100 valence electrons. The molecule has 0 bridgehead atoms. The van der Waals surface area contributed by atoms with Crippen molar-refractivity contribution in [1.82, 2.24) is 9.88 Å². The van der Waals surface area contributed by atoms with Crippen LogP contribution in [0.3, 0.4) is 0 Å². The summed E-state index contributed by atoms with van der Waals surface area (Å²) in [6.45, 7) is 1.70. The zero-order chi connectivity index (χ0) is 13.7. The molecule has 2 N–H and O–H groups in total. The zero-order valence-electron chi connectivity index (χ0n) is 10.3. The van der Waals surface area contributed by atoms with Crippen molar-refractivity contribution in [2.45, 2.75) is 19.5 Å². The Morgan fingerprint density at radius 3 is 2.78 bits per heavy atom.